The largest absolute Gasteiger partial charge is 0.496 e. The van der Waals surface area contributed by atoms with Crippen LogP contribution in [-0.2, 0) is 26.9 Å². The number of sulfone groups is 1. The van der Waals surface area contributed by atoms with E-state index in [1.807, 2.05) is 37.3 Å². The average Bonchev–Trinajstić information content (AvgIpc) is 3.06. The zero-order valence-corrected chi connectivity index (χ0v) is 19.8. The number of nitrogens with zero attached hydrogens (tertiary/aromatic N) is 1. The molecule has 0 saturated heterocycles. The minimum absolute atomic E-state index is 0.150. The number of benzene rings is 2. The molecule has 1 N–H and O–H groups in total. The van der Waals surface area contributed by atoms with Crippen molar-refractivity contribution in [2.75, 3.05) is 12.9 Å². The van der Waals surface area contributed by atoms with Crippen LogP contribution in [0.1, 0.15) is 22.6 Å². The van der Waals surface area contributed by atoms with Crippen molar-refractivity contribution in [1.82, 2.24) is 10.3 Å². The van der Waals surface area contributed by atoms with Crippen LogP contribution in [0, 0.1) is 13.8 Å². The Hall–Kier alpha value is -2.65. The Bertz CT molecular complexity index is 1190. The number of hydrogen-bond acceptors (Lipinski definition) is 6. The minimum Gasteiger partial charge on any atom is -0.496 e. The fourth-order valence-corrected chi connectivity index (χ4v) is 4.67. The second-order valence-corrected chi connectivity index (χ2v) is 10.1. The number of amides is 1. The van der Waals surface area contributed by atoms with Crippen molar-refractivity contribution in [2.24, 2.45) is 0 Å². The zero-order valence-electron chi connectivity index (χ0n) is 17.4. The van der Waals surface area contributed by atoms with E-state index in [9.17, 15) is 13.2 Å². The van der Waals surface area contributed by atoms with E-state index in [1.165, 1.54) is 7.11 Å². The lowest BCUT2D eigenvalue weighted by Gasteiger charge is -2.10. The number of ether oxygens (including phenoxy) is 1. The molecule has 1 aromatic heterocycles. The fraction of sp³-hybridized carbons (Fsp3) is 0.273. The van der Waals surface area contributed by atoms with Crippen LogP contribution in [0.15, 0.2) is 51.4 Å². The number of aromatic nitrogens is 1. The standard InChI is InChI=1S/C22H23BrN2O5S/c1-14-4-6-16(7-5-14)22-25-19(15(2)30-22)12-31(27,28)13-21(26)24-11-17-10-18(23)8-9-20(17)29-3/h4-10H,11-13H2,1-3H3,(H,24,26). The number of halogens is 1. The maximum Gasteiger partial charge on any atom is 0.235 e. The van der Waals surface area contributed by atoms with E-state index in [1.54, 1.807) is 19.1 Å². The summed E-state index contributed by atoms with van der Waals surface area (Å²) in [6.45, 7) is 3.78. The first-order valence-electron chi connectivity index (χ1n) is 9.50. The molecule has 9 heteroatoms. The van der Waals surface area contributed by atoms with Gasteiger partial charge in [-0.25, -0.2) is 13.4 Å². The molecule has 0 unspecified atom stereocenters. The number of oxazole rings is 1. The van der Waals surface area contributed by atoms with Crippen LogP contribution < -0.4 is 10.1 Å². The third-order valence-electron chi connectivity index (χ3n) is 4.62. The third-order valence-corrected chi connectivity index (χ3v) is 6.53. The number of rotatable bonds is 8. The van der Waals surface area contributed by atoms with Gasteiger partial charge >= 0.3 is 0 Å². The van der Waals surface area contributed by atoms with Crippen molar-refractivity contribution in [2.45, 2.75) is 26.1 Å². The first-order valence-corrected chi connectivity index (χ1v) is 12.1. The Kier molecular flexibility index (Phi) is 7.17. The van der Waals surface area contributed by atoms with Crippen molar-refractivity contribution in [3.63, 3.8) is 0 Å². The highest BCUT2D eigenvalue weighted by Crippen LogP contribution is 2.24. The Morgan fingerprint density at radius 2 is 1.87 bits per heavy atom. The molecule has 0 saturated carbocycles. The fourth-order valence-electron chi connectivity index (χ4n) is 2.97. The van der Waals surface area contributed by atoms with Crippen LogP contribution in [0.2, 0.25) is 0 Å². The van der Waals surface area contributed by atoms with Crippen LogP contribution >= 0.6 is 15.9 Å². The molecule has 1 amide bonds. The quantitative estimate of drug-likeness (QED) is 0.496. The predicted molar refractivity (Wildman–Crippen MR) is 121 cm³/mol. The summed E-state index contributed by atoms with van der Waals surface area (Å²) < 4.78 is 36.9. The predicted octanol–water partition coefficient (Wildman–Crippen LogP) is 3.96. The lowest BCUT2D eigenvalue weighted by atomic mass is 10.1. The average molecular weight is 507 g/mol. The number of nitrogens with one attached hydrogen (secondary N) is 1. The highest BCUT2D eigenvalue weighted by Gasteiger charge is 2.22. The van der Waals surface area contributed by atoms with Crippen molar-refractivity contribution in [3.8, 4) is 17.2 Å². The van der Waals surface area contributed by atoms with Gasteiger partial charge in [0.2, 0.25) is 11.8 Å². The molecule has 7 nitrogen and oxygen atoms in total. The van der Waals surface area contributed by atoms with E-state index in [0.717, 1.165) is 21.2 Å². The number of carbonyl (C=O) groups excluding carboxylic acids is 1. The highest BCUT2D eigenvalue weighted by atomic mass is 79.9. The molecule has 0 atom stereocenters. The number of methoxy groups -OCH3 is 1. The van der Waals surface area contributed by atoms with Gasteiger partial charge in [0.15, 0.2) is 9.84 Å². The SMILES string of the molecule is COc1ccc(Br)cc1CNC(=O)CS(=O)(=O)Cc1nc(-c2ccc(C)cc2)oc1C. The molecule has 0 aliphatic heterocycles. The van der Waals surface area contributed by atoms with Gasteiger partial charge in [-0.15, -0.1) is 0 Å². The van der Waals surface area contributed by atoms with Crippen LogP contribution in [0.4, 0.5) is 0 Å². The van der Waals surface area contributed by atoms with E-state index in [0.29, 0.717) is 23.1 Å². The number of carbonyl (C=O) groups is 1. The summed E-state index contributed by atoms with van der Waals surface area (Å²) in [5, 5.41) is 2.63. The number of aryl methyl sites for hydroxylation is 2. The molecule has 0 radical (unpaired) electrons. The molecule has 2 aromatic carbocycles. The van der Waals surface area contributed by atoms with E-state index in [-0.39, 0.29) is 12.3 Å². The van der Waals surface area contributed by atoms with Gasteiger partial charge in [0, 0.05) is 22.1 Å². The molecule has 0 fully saturated rings. The van der Waals surface area contributed by atoms with Crippen molar-refractivity contribution < 1.29 is 22.4 Å². The molecule has 0 aliphatic carbocycles. The minimum atomic E-state index is -3.74. The molecule has 0 bridgehead atoms. The Morgan fingerprint density at radius 3 is 2.55 bits per heavy atom. The Morgan fingerprint density at radius 1 is 1.16 bits per heavy atom. The molecule has 31 heavy (non-hydrogen) atoms. The van der Waals surface area contributed by atoms with Gasteiger partial charge in [-0.2, -0.15) is 0 Å². The molecular weight excluding hydrogens is 484 g/mol. The smallest absolute Gasteiger partial charge is 0.235 e. The summed E-state index contributed by atoms with van der Waals surface area (Å²) in [6, 6.07) is 13.0. The summed E-state index contributed by atoms with van der Waals surface area (Å²) in [4.78, 5) is 16.6. The molecule has 0 spiro atoms. The van der Waals surface area contributed by atoms with E-state index in [4.69, 9.17) is 9.15 Å². The van der Waals surface area contributed by atoms with E-state index in [2.05, 4.69) is 26.2 Å². The van der Waals surface area contributed by atoms with Gasteiger partial charge < -0.3 is 14.5 Å². The summed E-state index contributed by atoms with van der Waals surface area (Å²) in [7, 11) is -2.20. The maximum absolute atomic E-state index is 12.6. The third kappa shape index (κ3) is 6.18. The summed E-state index contributed by atoms with van der Waals surface area (Å²) >= 11 is 3.37. The van der Waals surface area contributed by atoms with Gasteiger partial charge in [-0.05, 0) is 44.2 Å². The van der Waals surface area contributed by atoms with Crippen LogP contribution in [0.25, 0.3) is 11.5 Å². The monoisotopic (exact) mass is 506 g/mol. The van der Waals surface area contributed by atoms with Crippen LogP contribution in [0.5, 0.6) is 5.75 Å². The van der Waals surface area contributed by atoms with Gasteiger partial charge in [-0.3, -0.25) is 4.79 Å². The summed E-state index contributed by atoms with van der Waals surface area (Å²) in [6.07, 6.45) is 0. The molecule has 3 rings (SSSR count). The highest BCUT2D eigenvalue weighted by molar-refractivity contribution is 9.10. The molecule has 3 aromatic rings. The van der Waals surface area contributed by atoms with Gasteiger partial charge in [-0.1, -0.05) is 33.6 Å². The van der Waals surface area contributed by atoms with Gasteiger partial charge in [0.05, 0.1) is 18.6 Å². The first kappa shape index (κ1) is 23.0. The summed E-state index contributed by atoms with van der Waals surface area (Å²) in [5.74, 6) is -0.236. The topological polar surface area (TPSA) is 98.5 Å². The summed E-state index contributed by atoms with van der Waals surface area (Å²) in [5.41, 5.74) is 2.90. The Balaban J connectivity index is 1.64. The van der Waals surface area contributed by atoms with Crippen molar-refractivity contribution in [1.29, 1.82) is 0 Å². The van der Waals surface area contributed by atoms with Crippen molar-refractivity contribution >= 4 is 31.7 Å². The van der Waals surface area contributed by atoms with E-state index >= 15 is 0 Å². The molecular formula is C22H23BrN2O5S. The second kappa shape index (κ2) is 9.65. The first-order chi connectivity index (χ1) is 14.7. The number of hydrogen-bond donors (Lipinski definition) is 1. The molecule has 1 heterocycles. The van der Waals surface area contributed by atoms with Crippen LogP contribution in [-0.4, -0.2) is 32.2 Å². The van der Waals surface area contributed by atoms with Gasteiger partial charge in [0.1, 0.15) is 17.3 Å². The zero-order chi connectivity index (χ0) is 22.6. The van der Waals surface area contributed by atoms with Crippen LogP contribution in [0.3, 0.4) is 0 Å². The lowest BCUT2D eigenvalue weighted by Crippen LogP contribution is -2.30. The van der Waals surface area contributed by atoms with Gasteiger partial charge in [0.25, 0.3) is 0 Å². The Labute approximate surface area is 189 Å². The maximum atomic E-state index is 12.6. The molecule has 164 valence electrons. The van der Waals surface area contributed by atoms with E-state index < -0.39 is 21.5 Å². The second-order valence-electron chi connectivity index (χ2n) is 7.15. The van der Waals surface area contributed by atoms with Crippen molar-refractivity contribution in [3.05, 3.63) is 69.5 Å². The normalized spacial score (nSPS) is 11.4. The molecule has 0 aliphatic rings. The lowest BCUT2D eigenvalue weighted by molar-refractivity contribution is -0.118.